The average molecular weight is 333 g/mol. The zero-order valence-corrected chi connectivity index (χ0v) is 14.0. The van der Waals surface area contributed by atoms with Gasteiger partial charge in [0.15, 0.2) is 0 Å². The summed E-state index contributed by atoms with van der Waals surface area (Å²) in [5.74, 6) is -1.29. The number of hydrogen-bond donors (Lipinski definition) is 1. The predicted molar refractivity (Wildman–Crippen MR) is 89.2 cm³/mol. The molecule has 128 valence electrons. The highest BCUT2D eigenvalue weighted by Gasteiger charge is 2.20. The molecule has 0 saturated heterocycles. The van der Waals surface area contributed by atoms with Crippen molar-refractivity contribution in [2.75, 3.05) is 0 Å². The second kappa shape index (κ2) is 7.09. The third-order valence-electron chi connectivity index (χ3n) is 3.38. The van der Waals surface area contributed by atoms with E-state index in [9.17, 15) is 13.6 Å². The first-order valence-corrected chi connectivity index (χ1v) is 7.68. The lowest BCUT2D eigenvalue weighted by Crippen LogP contribution is -2.26. The third kappa shape index (κ3) is 4.86. The quantitative estimate of drug-likeness (QED) is 0.846. The highest BCUT2D eigenvalue weighted by molar-refractivity contribution is 5.71. The first kappa shape index (κ1) is 18.1. The number of halogens is 2. The molecule has 0 fully saturated rings. The number of carbonyl (C=O) groups excluding carboxylic acids is 1. The lowest BCUT2D eigenvalue weighted by atomic mass is 9.99. The zero-order valence-electron chi connectivity index (χ0n) is 14.0. The molecule has 2 rings (SSSR count). The summed E-state index contributed by atoms with van der Waals surface area (Å²) in [6.45, 7) is 5.31. The van der Waals surface area contributed by atoms with Crippen LogP contribution in [0.5, 0.6) is 0 Å². The molecule has 3 nitrogen and oxygen atoms in total. The second-order valence-corrected chi connectivity index (χ2v) is 6.64. The maximum absolute atomic E-state index is 14.3. The van der Waals surface area contributed by atoms with Crippen LogP contribution in [0.15, 0.2) is 42.5 Å². The molecule has 0 aliphatic rings. The Labute approximate surface area is 140 Å². The molecular formula is C19H21F2NO2. The van der Waals surface area contributed by atoms with E-state index in [0.717, 1.165) is 0 Å². The van der Waals surface area contributed by atoms with Crippen LogP contribution in [0.2, 0.25) is 0 Å². The monoisotopic (exact) mass is 333 g/mol. The van der Waals surface area contributed by atoms with Gasteiger partial charge in [-0.3, -0.25) is 4.79 Å². The number of carbonyl (C=O) groups is 1. The smallest absolute Gasteiger partial charge is 0.308 e. The van der Waals surface area contributed by atoms with E-state index in [4.69, 9.17) is 10.5 Å². The van der Waals surface area contributed by atoms with Crippen molar-refractivity contribution in [2.24, 2.45) is 5.73 Å². The number of esters is 1. The van der Waals surface area contributed by atoms with Crippen molar-refractivity contribution in [3.63, 3.8) is 0 Å². The van der Waals surface area contributed by atoms with Crippen molar-refractivity contribution >= 4 is 5.97 Å². The molecule has 0 aliphatic heterocycles. The number of ether oxygens (including phenoxy) is 1. The molecule has 0 unspecified atom stereocenters. The summed E-state index contributed by atoms with van der Waals surface area (Å²) in [4.78, 5) is 11.8. The Bertz CT molecular complexity index is 721. The van der Waals surface area contributed by atoms with E-state index >= 15 is 0 Å². The topological polar surface area (TPSA) is 52.3 Å². The summed E-state index contributed by atoms with van der Waals surface area (Å²) in [5.41, 5.74) is 6.81. The Hall–Kier alpha value is -2.27. The Kier molecular flexibility index (Phi) is 5.34. The van der Waals surface area contributed by atoms with Crippen molar-refractivity contribution in [1.82, 2.24) is 0 Å². The minimum absolute atomic E-state index is 0.0351. The van der Waals surface area contributed by atoms with Crippen LogP contribution in [0.1, 0.15) is 38.8 Å². The number of rotatable bonds is 4. The van der Waals surface area contributed by atoms with E-state index in [-0.39, 0.29) is 12.2 Å². The summed E-state index contributed by atoms with van der Waals surface area (Å²) >= 11 is 0. The molecular weight excluding hydrogens is 312 g/mol. The van der Waals surface area contributed by atoms with Gasteiger partial charge >= 0.3 is 5.97 Å². The van der Waals surface area contributed by atoms with Crippen LogP contribution in [0, 0.1) is 11.6 Å². The summed E-state index contributed by atoms with van der Waals surface area (Å²) in [6, 6.07) is 9.45. The third-order valence-corrected chi connectivity index (χ3v) is 3.38. The van der Waals surface area contributed by atoms with Crippen molar-refractivity contribution in [2.45, 2.75) is 38.8 Å². The molecule has 5 heteroatoms. The fourth-order valence-corrected chi connectivity index (χ4v) is 2.31. The number of nitrogens with two attached hydrogens (primary N) is 1. The molecule has 0 amide bonds. The predicted octanol–water partition coefficient (Wildman–Crippen LogP) is 4.36. The van der Waals surface area contributed by atoms with Gasteiger partial charge in [0.05, 0.1) is 6.42 Å². The summed E-state index contributed by atoms with van der Waals surface area (Å²) in [5, 5.41) is 0. The van der Waals surface area contributed by atoms with Gasteiger partial charge in [0.1, 0.15) is 17.2 Å². The fraction of sp³-hybridized carbons (Fsp3) is 0.316. The second-order valence-electron chi connectivity index (χ2n) is 6.64. The van der Waals surface area contributed by atoms with Crippen LogP contribution in [0.3, 0.4) is 0 Å². The molecule has 2 aromatic rings. The molecule has 24 heavy (non-hydrogen) atoms. The average Bonchev–Trinajstić information content (AvgIpc) is 2.46. The van der Waals surface area contributed by atoms with Gasteiger partial charge in [0.2, 0.25) is 0 Å². The van der Waals surface area contributed by atoms with Gasteiger partial charge < -0.3 is 10.5 Å². The van der Waals surface area contributed by atoms with Crippen molar-refractivity contribution in [1.29, 1.82) is 0 Å². The minimum Gasteiger partial charge on any atom is -0.460 e. The van der Waals surface area contributed by atoms with Crippen LogP contribution >= 0.6 is 0 Å². The van der Waals surface area contributed by atoms with Crippen molar-refractivity contribution in [3.05, 3.63) is 59.7 Å². The van der Waals surface area contributed by atoms with Gasteiger partial charge in [-0.05, 0) is 50.1 Å². The van der Waals surface area contributed by atoms with E-state index in [0.29, 0.717) is 16.7 Å². The minimum atomic E-state index is -0.656. The maximum Gasteiger partial charge on any atom is 0.308 e. The van der Waals surface area contributed by atoms with Gasteiger partial charge in [-0.1, -0.05) is 24.3 Å². The molecule has 0 aliphatic carbocycles. The van der Waals surface area contributed by atoms with Gasteiger partial charge in [-0.2, -0.15) is 0 Å². The summed E-state index contributed by atoms with van der Waals surface area (Å²) in [7, 11) is 0. The van der Waals surface area contributed by atoms with E-state index in [2.05, 4.69) is 0 Å². The molecule has 0 radical (unpaired) electrons. The fourth-order valence-electron chi connectivity index (χ4n) is 2.31. The molecule has 0 bridgehead atoms. The van der Waals surface area contributed by atoms with Crippen LogP contribution < -0.4 is 5.73 Å². The highest BCUT2D eigenvalue weighted by atomic mass is 19.1. The Balaban J connectivity index is 2.14. The van der Waals surface area contributed by atoms with Crippen molar-refractivity contribution in [3.8, 4) is 11.1 Å². The number of hydrogen-bond acceptors (Lipinski definition) is 3. The summed E-state index contributed by atoms with van der Waals surface area (Å²) < 4.78 is 32.5. The Morgan fingerprint density at radius 3 is 2.29 bits per heavy atom. The van der Waals surface area contributed by atoms with E-state index in [1.165, 1.54) is 30.3 Å². The lowest BCUT2D eigenvalue weighted by molar-refractivity contribution is -0.155. The van der Waals surface area contributed by atoms with Crippen LogP contribution in [-0.4, -0.2) is 11.6 Å². The maximum atomic E-state index is 14.3. The SMILES string of the molecule is CC(C)(C)OC(=O)C[C@H](N)c1ccc(-c2ccc(F)cc2)c(F)c1. The number of benzene rings is 2. The largest absolute Gasteiger partial charge is 0.460 e. The Morgan fingerprint density at radius 1 is 1.12 bits per heavy atom. The molecule has 2 N–H and O–H groups in total. The molecule has 0 spiro atoms. The molecule has 1 atom stereocenters. The standard InChI is InChI=1S/C19H21F2NO2/c1-19(2,3)24-18(23)11-17(22)13-6-9-15(16(21)10-13)12-4-7-14(20)8-5-12/h4-10,17H,11,22H2,1-3H3/t17-/m0/s1. The lowest BCUT2D eigenvalue weighted by Gasteiger charge is -2.21. The molecule has 2 aromatic carbocycles. The Morgan fingerprint density at radius 2 is 1.75 bits per heavy atom. The first-order chi connectivity index (χ1) is 11.2. The van der Waals surface area contributed by atoms with Crippen molar-refractivity contribution < 1.29 is 18.3 Å². The van der Waals surface area contributed by atoms with E-state index in [1.54, 1.807) is 32.9 Å². The zero-order chi connectivity index (χ0) is 17.9. The normalized spacial score (nSPS) is 12.8. The van der Waals surface area contributed by atoms with Gasteiger partial charge in [0.25, 0.3) is 0 Å². The van der Waals surface area contributed by atoms with Gasteiger partial charge in [0, 0.05) is 11.6 Å². The van der Waals surface area contributed by atoms with Gasteiger partial charge in [-0.15, -0.1) is 0 Å². The van der Waals surface area contributed by atoms with E-state index < -0.39 is 23.4 Å². The molecule has 0 aromatic heterocycles. The first-order valence-electron chi connectivity index (χ1n) is 7.68. The molecule has 0 saturated carbocycles. The van der Waals surface area contributed by atoms with Crippen LogP contribution in [0.25, 0.3) is 11.1 Å². The molecule has 0 heterocycles. The van der Waals surface area contributed by atoms with E-state index in [1.807, 2.05) is 0 Å². The summed E-state index contributed by atoms with van der Waals surface area (Å²) in [6.07, 6.45) is -0.0351. The highest BCUT2D eigenvalue weighted by Crippen LogP contribution is 2.26. The van der Waals surface area contributed by atoms with Gasteiger partial charge in [-0.25, -0.2) is 8.78 Å². The van der Waals surface area contributed by atoms with Crippen LogP contribution in [0.4, 0.5) is 8.78 Å². The van der Waals surface area contributed by atoms with Crippen LogP contribution in [-0.2, 0) is 9.53 Å².